The predicted molar refractivity (Wildman–Crippen MR) is 523 cm³/mol. The fraction of sp³-hybridized carbons (Fsp3) is 0.273. The number of likely N-dealkylation sites (N-methyl/N-ethyl adjacent to an activating group) is 5. The molecular weight excluding hydrogens is 1850 g/mol. The van der Waals surface area contributed by atoms with E-state index in [1.54, 1.807) is 48.5 Å². The monoisotopic (exact) mass is 2000 g/mol. The van der Waals surface area contributed by atoms with E-state index in [0.29, 0.717) is 61.0 Å². The number of hydrogen-bond acceptors (Lipinski definition) is 20. The number of nitrogens with zero attached hydrogens (tertiary/aromatic N) is 10. The van der Waals surface area contributed by atoms with Crippen LogP contribution in [-0.4, -0.2) is 265 Å². The molecule has 5 saturated heterocycles. The van der Waals surface area contributed by atoms with Gasteiger partial charge in [-0.2, -0.15) is 0 Å². The van der Waals surface area contributed by atoms with Crippen LogP contribution < -0.4 is 47.4 Å². The predicted octanol–water partition coefficient (Wildman–Crippen LogP) is 11.1. The Kier molecular flexibility index (Phi) is 11.7. The van der Waals surface area contributed by atoms with E-state index >= 15 is 0 Å². The molecule has 0 bridgehead atoms. The number of amides is 10. The molecule has 20 heterocycles. The van der Waals surface area contributed by atoms with Gasteiger partial charge in [0.15, 0.2) is 57.5 Å². The smallest absolute Gasteiger partial charge is 0.245 e. The third kappa shape index (κ3) is 14.2. The summed E-state index contributed by atoms with van der Waals surface area (Å²) >= 11 is 0. The number of para-hydroxylation sites is 5. The number of nitrogens with one attached hydrogen (secondary N) is 5. The highest BCUT2D eigenvalue weighted by molar-refractivity contribution is 6.03. The Balaban J connectivity index is 0.000000115. The number of hydrogen-bond donors (Lipinski definition) is 5. The van der Waals surface area contributed by atoms with Gasteiger partial charge in [0.1, 0.15) is 38.4 Å². The zero-order valence-corrected chi connectivity index (χ0v) is 74.7. The number of carbonyl (C=O) groups excluding carboxylic acids is 10. The molecule has 10 amide bonds. The van der Waals surface area contributed by atoms with E-state index in [0.717, 1.165) is 45.0 Å². The molecule has 5 unspecified atom stereocenters. The molecule has 730 valence electrons. The van der Waals surface area contributed by atoms with Crippen molar-refractivity contribution in [3.05, 3.63) is 296 Å². The van der Waals surface area contributed by atoms with Crippen LogP contribution in [0.3, 0.4) is 0 Å². The lowest BCUT2D eigenvalue weighted by Crippen LogP contribution is -2.62. The van der Waals surface area contributed by atoms with Gasteiger partial charge in [-0.25, -0.2) is 0 Å². The summed E-state index contributed by atoms with van der Waals surface area (Å²) in [6.45, 7) is -23.2. The maximum atomic E-state index is 13.8. The molecule has 10 atom stereocenters. The summed E-state index contributed by atoms with van der Waals surface area (Å²) < 4.78 is 475. The number of piperazine rings is 5. The highest BCUT2D eigenvalue weighted by Gasteiger charge is 2.55. The highest BCUT2D eigenvalue weighted by atomic mass is 16.7. The first-order valence-corrected chi connectivity index (χ1v) is 43.8. The average molecular weight is 2000 g/mol. The van der Waals surface area contributed by atoms with Crippen molar-refractivity contribution in [2.45, 2.75) is 92.3 Å². The molecule has 15 aliphatic heterocycles. The number of benzene rings is 10. The molecule has 35 heteroatoms. The highest BCUT2D eigenvalue weighted by Crippen LogP contribution is 2.53. The van der Waals surface area contributed by atoms with Gasteiger partial charge in [-0.1, -0.05) is 121 Å². The summed E-state index contributed by atoms with van der Waals surface area (Å²) in [4.78, 5) is 156. The first-order chi connectivity index (χ1) is 90.3. The molecule has 5 aromatic heterocycles. The summed E-state index contributed by atoms with van der Waals surface area (Å²) in [6.07, 6.45) is -13.4. The number of aromatic amines is 5. The number of fused-ring (bicyclic) bond motifs is 25. The fourth-order valence-electron chi connectivity index (χ4n) is 19.4. The van der Waals surface area contributed by atoms with E-state index < -0.39 is 388 Å². The van der Waals surface area contributed by atoms with Gasteiger partial charge in [0, 0.05) is 164 Å². The van der Waals surface area contributed by atoms with Crippen LogP contribution in [0.4, 0.5) is 0 Å². The first-order valence-electron chi connectivity index (χ1n) is 68.8. The molecule has 0 spiro atoms. The van der Waals surface area contributed by atoms with Gasteiger partial charge < -0.3 is 121 Å². The minimum Gasteiger partial charge on any atom is -0.454 e. The van der Waals surface area contributed by atoms with Crippen LogP contribution in [0.2, 0.25) is 0 Å². The molecule has 5 fully saturated rings. The molecule has 30 rings (SSSR count). The lowest BCUT2D eigenvalue weighted by atomic mass is 9.86. The van der Waals surface area contributed by atoms with Gasteiger partial charge >= 0.3 is 0 Å². The quantitative estimate of drug-likeness (QED) is 0.107. The van der Waals surface area contributed by atoms with Crippen LogP contribution >= 0.6 is 0 Å². The van der Waals surface area contributed by atoms with E-state index in [2.05, 4.69) is 24.9 Å². The molecule has 0 aliphatic carbocycles. The Morgan fingerprint density at radius 1 is 0.262 bits per heavy atom. The summed E-state index contributed by atoms with van der Waals surface area (Å²) in [5.74, 6) is -14.7. The molecule has 0 radical (unpaired) electrons. The molecule has 15 aliphatic rings. The minimum absolute atomic E-state index is 0.00257. The van der Waals surface area contributed by atoms with E-state index in [1.807, 2.05) is 0 Å². The van der Waals surface area contributed by atoms with Gasteiger partial charge in [0.2, 0.25) is 92.9 Å². The number of rotatable bonds is 5. The van der Waals surface area contributed by atoms with Crippen LogP contribution in [-0.2, 0) is 79.8 Å². The van der Waals surface area contributed by atoms with Gasteiger partial charge in [-0.05, 0) is 146 Å². The minimum atomic E-state index is -3.03. The van der Waals surface area contributed by atoms with Crippen molar-refractivity contribution >= 4 is 114 Å². The SMILES string of the molecule is [2H]c1c([2H])c(C2c3[nH]c4c([2H])c([2H])c([2H])c([2H])c4c3C([2H])([2H])[C@@H]3C(=O)N(C)C([2H])([2H])C(=O)N23)c([2H])c2c1OC([2H])([2H])O2.[2H]c1c([2H])c(C2c3[nH]c4c([2H])c([2H])c([2H])c([2H])c4c3C([2H])([2H])[C@@H]3C(=O)N(C)C([2H])([2H])C(=O)N23)c([2H])c2c1OCO2.[2H]c1c([2H])c(C2c3[nH]c4ccccc4c3C([2H])([2H])[C@@H]3C(=O)N(C)C([2H])([2H])C(=O)N23)c([2H])c2c1OC([2H])([2H])O2.[2H]c1c([2H])c(C2c3[nH]c4ccccc4c3C([2H])([2H])[C@@H]3C(=O)N(C)C([2H])([2H])C(=O)N23)c([2H])c2c1OCO2.[2H]c1c([2H])c([2H])c2c3c([nH]c2c1[2H])C(c1ccc2c(c1)OC([2H])([2H])O2)N1C(=O)C([2H])([2H])N(C)C(=O)[C@H]1C3([2H])[2H]. The van der Waals surface area contributed by atoms with Crippen molar-refractivity contribution in [1.29, 1.82) is 0 Å². The molecule has 5 N–H and O–H groups in total. The maximum Gasteiger partial charge on any atom is 0.245 e. The normalized spacial score (nSPS) is 32.3. The fourth-order valence-corrected chi connectivity index (χ4v) is 19.4. The lowest BCUT2D eigenvalue weighted by Gasteiger charge is -2.46. The van der Waals surface area contributed by atoms with Gasteiger partial charge in [0.25, 0.3) is 0 Å². The molecule has 15 aromatic rings. The van der Waals surface area contributed by atoms with E-state index in [-0.39, 0.29) is 149 Å². The van der Waals surface area contributed by atoms with Crippen molar-refractivity contribution in [3.63, 3.8) is 0 Å². The second-order valence-electron chi connectivity index (χ2n) is 33.9. The zero-order chi connectivity index (χ0) is 143. The Morgan fingerprint density at radius 2 is 0.517 bits per heavy atom. The van der Waals surface area contributed by atoms with Gasteiger partial charge in [-0.15, -0.1) is 0 Å². The number of aromatic nitrogens is 5. The Hall–Kier alpha value is -17.4. The van der Waals surface area contributed by atoms with Crippen LogP contribution in [0.25, 0.3) is 54.5 Å². The van der Waals surface area contributed by atoms with Crippen molar-refractivity contribution < 1.29 is 164 Å². The summed E-state index contributed by atoms with van der Waals surface area (Å²) in [5, 5.41) is -0.0157. The Labute approximate surface area is 897 Å². The largest absolute Gasteiger partial charge is 0.454 e. The molecule has 145 heavy (non-hydrogen) atoms. The standard InChI is InChI=1S/5C22H19N3O4/c5*1-24-10-19(26)25-16(22(24)27)9-14-13-4-2-3-5-15(13)23-20(14)21(25)12-6-7-17-18(8-12)29-11-28-17/h5*2-8,16,21,23H,9-11H2,1H3/t5*16-,21?/m11111/s1/i2D,3D,4D,5D,6D,7D,8D,9D2,10D2,11D2;2D,3D,4D,5D,6D,7D,8D,9D2,10D2;2D,3D,4D,5D,9D2,10D2,11D2;6D,7D,8D,9D2,10D2,11D2;6D,7D,8D,9D2,10D2. The van der Waals surface area contributed by atoms with Crippen LogP contribution in [0.5, 0.6) is 57.5 Å². The summed E-state index contributed by atoms with van der Waals surface area (Å²) in [5.41, 5.74) is -2.89. The molecular formula is C110H95N15O20. The third-order valence-corrected chi connectivity index (χ3v) is 25.9. The summed E-state index contributed by atoms with van der Waals surface area (Å²) in [6, 6.07) is -14.9. The molecule has 10 aromatic carbocycles. The second kappa shape index (κ2) is 33.9. The van der Waals surface area contributed by atoms with Crippen molar-refractivity contribution in [2.24, 2.45) is 0 Å². The molecule has 0 saturated carbocycles. The maximum absolute atomic E-state index is 13.8. The van der Waals surface area contributed by atoms with E-state index in [4.69, 9.17) is 116 Å². The summed E-state index contributed by atoms with van der Waals surface area (Å²) in [7, 11) is 5.15. The Bertz CT molecular complexity index is 11000. The lowest BCUT2D eigenvalue weighted by molar-refractivity contribution is -0.157. The zero-order valence-electron chi connectivity index (χ0n) is 125. The average Bonchev–Trinajstić information content (AvgIpc) is 1.50. The van der Waals surface area contributed by atoms with Crippen molar-refractivity contribution in [3.8, 4) is 57.5 Å². The third-order valence-electron chi connectivity index (χ3n) is 25.9. The van der Waals surface area contributed by atoms with Crippen LogP contribution in [0.15, 0.2) is 212 Å². The van der Waals surface area contributed by atoms with Crippen molar-refractivity contribution in [2.75, 3.05) is 102 Å². The van der Waals surface area contributed by atoms with Crippen molar-refractivity contribution in [1.82, 2.24) is 73.9 Å². The van der Waals surface area contributed by atoms with Gasteiger partial charge in [0.05, 0.1) is 109 Å². The first kappa shape index (κ1) is 49.8. The second-order valence-corrected chi connectivity index (χ2v) is 33.9. The van der Waals surface area contributed by atoms with Crippen LogP contribution in [0, 0.1) is 0 Å². The van der Waals surface area contributed by atoms with E-state index in [1.165, 1.54) is 18.2 Å². The van der Waals surface area contributed by atoms with Gasteiger partial charge in [-0.3, -0.25) is 47.9 Å². The number of H-pyrrole nitrogens is 5. The number of ether oxygens (including phenoxy) is 10. The van der Waals surface area contributed by atoms with Crippen LogP contribution in [0.1, 0.15) is 183 Å². The van der Waals surface area contributed by atoms with E-state index in [9.17, 15) is 47.9 Å². The molecule has 35 nitrogen and oxygen atoms in total. The number of carbonyl (C=O) groups is 10. The Morgan fingerprint density at radius 3 is 0.848 bits per heavy atom. The topological polar surface area (TPSA) is 374 Å².